The summed E-state index contributed by atoms with van der Waals surface area (Å²) in [4.78, 5) is 57.8. The fourth-order valence-electron chi connectivity index (χ4n) is 8.16. The van der Waals surface area contributed by atoms with Crippen molar-refractivity contribution in [3.63, 3.8) is 0 Å². The van der Waals surface area contributed by atoms with Gasteiger partial charge in [-0.05, 0) is 97.4 Å². The normalized spacial score (nSPS) is 15.4. The predicted molar refractivity (Wildman–Crippen MR) is 243 cm³/mol. The summed E-state index contributed by atoms with van der Waals surface area (Å²) in [6, 6.07) is 23.8. The zero-order chi connectivity index (χ0) is 44.1. The molecule has 328 valence electrons. The summed E-state index contributed by atoms with van der Waals surface area (Å²) in [6.07, 6.45) is 4.12. The number of urea groups is 1. The molecule has 8 rings (SSSR count). The maximum absolute atomic E-state index is 13.0. The second-order valence-electron chi connectivity index (χ2n) is 17.3. The van der Waals surface area contributed by atoms with Crippen LogP contribution in [0.15, 0.2) is 83.6 Å². The Morgan fingerprint density at radius 3 is 2.40 bits per heavy atom. The van der Waals surface area contributed by atoms with Gasteiger partial charge >= 0.3 is 17.8 Å². The number of benzene rings is 3. The lowest BCUT2D eigenvalue weighted by Crippen LogP contribution is -2.49. The number of methoxy groups -OCH3 is 1. The van der Waals surface area contributed by atoms with Gasteiger partial charge in [0.05, 0.1) is 18.3 Å². The first-order valence-corrected chi connectivity index (χ1v) is 21.6. The van der Waals surface area contributed by atoms with Crippen LogP contribution in [0.2, 0.25) is 0 Å². The molecule has 0 unspecified atom stereocenters. The van der Waals surface area contributed by atoms with E-state index in [-0.39, 0.29) is 29.3 Å². The number of aromatic amines is 1. The number of rotatable bonds is 15. The molecule has 2 aliphatic rings. The first kappa shape index (κ1) is 43.0. The van der Waals surface area contributed by atoms with Gasteiger partial charge in [-0.15, -0.1) is 0 Å². The first-order chi connectivity index (χ1) is 30.4. The number of hydrogen-bond donors (Lipinski definition) is 5. The Kier molecular flexibility index (Phi) is 12.8. The van der Waals surface area contributed by atoms with Gasteiger partial charge in [-0.25, -0.2) is 14.8 Å². The van der Waals surface area contributed by atoms with Crippen molar-refractivity contribution in [2.24, 2.45) is 5.92 Å². The smallest absolute Gasteiger partial charge is 0.328 e. The zero-order valence-electron chi connectivity index (χ0n) is 36.5. The highest BCUT2D eigenvalue weighted by atomic mass is 16.5. The molecule has 4 amide bonds. The number of anilines is 3. The molecule has 5 N–H and O–H groups in total. The average Bonchev–Trinajstić information content (AvgIpc) is 3.97. The average molecular weight is 854 g/mol. The Hall–Kier alpha value is -6.65. The maximum Gasteiger partial charge on any atom is 0.328 e. The van der Waals surface area contributed by atoms with E-state index in [1.165, 1.54) is 0 Å². The van der Waals surface area contributed by atoms with E-state index in [2.05, 4.69) is 88.7 Å². The lowest BCUT2D eigenvalue weighted by atomic mass is 9.96. The molecule has 0 spiro atoms. The fourth-order valence-corrected chi connectivity index (χ4v) is 8.16. The summed E-state index contributed by atoms with van der Waals surface area (Å²) in [5, 5.41) is 17.4. The Morgan fingerprint density at radius 1 is 0.937 bits per heavy atom. The van der Waals surface area contributed by atoms with Gasteiger partial charge in [0.25, 0.3) is 0 Å². The second kappa shape index (κ2) is 18.8. The van der Waals surface area contributed by atoms with Crippen molar-refractivity contribution in [1.29, 1.82) is 0 Å². The van der Waals surface area contributed by atoms with Crippen LogP contribution in [-0.2, 0) is 21.6 Å². The van der Waals surface area contributed by atoms with Crippen molar-refractivity contribution >= 4 is 45.9 Å². The van der Waals surface area contributed by atoms with Gasteiger partial charge in [-0.2, -0.15) is 4.98 Å². The van der Waals surface area contributed by atoms with Gasteiger partial charge in [0.2, 0.25) is 5.91 Å². The first-order valence-electron chi connectivity index (χ1n) is 21.6. The summed E-state index contributed by atoms with van der Waals surface area (Å²) in [7, 11) is 1.65. The molecule has 63 heavy (non-hydrogen) atoms. The molecule has 6 aromatic rings. The van der Waals surface area contributed by atoms with Gasteiger partial charge in [0.15, 0.2) is 5.82 Å². The highest BCUT2D eigenvalue weighted by Crippen LogP contribution is 2.33. The number of ether oxygens (including phenoxy) is 1. The summed E-state index contributed by atoms with van der Waals surface area (Å²) < 4.78 is 10.8. The molecular weight excluding hydrogens is 799 g/mol. The standard InChI is InChI=1S/C47H55N11O5/c1-29(52-43(60)44-55-45(56-63-44)47(2,3)4)37-15-8-32(24-33(37)27-62-5)41-38-25-39(53-42(38)51-28-50-41)31-6-9-34(10-7-31)49-20-19-48-26-30-16-21-57(22-17-30)35-11-13-36(14-12-35)58-23-18-40(59)54-46(58)61/h6-15,24-25,28-30,48-49H,16-23,26-27H2,1-5H3,(H,52,60)(H,50,51,53)(H,54,59,61)/t29-/m1/s1. The number of H-pyrrole nitrogens is 1. The lowest BCUT2D eigenvalue weighted by Gasteiger charge is -2.34. The molecule has 3 aromatic heterocycles. The van der Waals surface area contributed by atoms with Crippen LogP contribution in [0.4, 0.5) is 21.9 Å². The van der Waals surface area contributed by atoms with Crippen LogP contribution in [0.5, 0.6) is 0 Å². The molecule has 0 saturated carbocycles. The third-order valence-electron chi connectivity index (χ3n) is 11.7. The Labute approximate surface area is 366 Å². The summed E-state index contributed by atoms with van der Waals surface area (Å²) in [5.41, 5.74) is 8.89. The minimum absolute atomic E-state index is 0.0720. The third kappa shape index (κ3) is 10.0. The molecule has 16 nitrogen and oxygen atoms in total. The van der Waals surface area contributed by atoms with E-state index in [0.29, 0.717) is 31.3 Å². The largest absolute Gasteiger partial charge is 0.384 e. The van der Waals surface area contributed by atoms with E-state index in [9.17, 15) is 14.4 Å². The SMILES string of the molecule is COCc1cc(-c2ncnc3[nH]c(-c4ccc(NCCNCC5CCN(c6ccc(N7CCC(=O)NC7=O)cc6)CC5)cc4)cc23)ccc1[C@@H](C)NC(=O)c1nc(C(C)(C)C)no1. The van der Waals surface area contributed by atoms with Crippen LogP contribution < -0.4 is 31.1 Å². The fraction of sp³-hybridized carbons (Fsp3) is 0.383. The molecule has 2 saturated heterocycles. The van der Waals surface area contributed by atoms with Crippen molar-refractivity contribution in [3.8, 4) is 22.5 Å². The number of nitrogens with one attached hydrogen (secondary N) is 5. The molecular formula is C47H55N11O5. The van der Waals surface area contributed by atoms with Crippen LogP contribution in [0.3, 0.4) is 0 Å². The highest BCUT2D eigenvalue weighted by molar-refractivity contribution is 6.05. The number of amides is 4. The van der Waals surface area contributed by atoms with E-state index in [1.54, 1.807) is 18.3 Å². The second-order valence-corrected chi connectivity index (χ2v) is 17.3. The lowest BCUT2D eigenvalue weighted by molar-refractivity contribution is -0.120. The monoisotopic (exact) mass is 853 g/mol. The molecule has 16 heteroatoms. The minimum atomic E-state index is -0.439. The Bertz CT molecular complexity index is 2560. The molecule has 5 heterocycles. The summed E-state index contributed by atoms with van der Waals surface area (Å²) >= 11 is 0. The number of fused-ring (bicyclic) bond motifs is 1. The molecule has 2 aliphatic heterocycles. The third-order valence-corrected chi connectivity index (χ3v) is 11.7. The van der Waals surface area contributed by atoms with Gasteiger partial charge in [-0.1, -0.05) is 50.2 Å². The van der Waals surface area contributed by atoms with E-state index in [4.69, 9.17) is 14.2 Å². The van der Waals surface area contributed by atoms with E-state index in [1.807, 2.05) is 58.0 Å². The molecule has 0 radical (unpaired) electrons. The number of carbonyl (C=O) groups is 3. The summed E-state index contributed by atoms with van der Waals surface area (Å²) in [5.74, 6) is 0.357. The molecule has 1 atom stereocenters. The topological polar surface area (TPSA) is 196 Å². The Morgan fingerprint density at radius 2 is 1.68 bits per heavy atom. The van der Waals surface area contributed by atoms with Crippen LogP contribution in [0, 0.1) is 5.92 Å². The predicted octanol–water partition coefficient (Wildman–Crippen LogP) is 6.97. The summed E-state index contributed by atoms with van der Waals surface area (Å²) in [6.45, 7) is 13.2. The van der Waals surface area contributed by atoms with Gasteiger partial charge in [-0.3, -0.25) is 19.8 Å². The quantitative estimate of drug-likeness (QED) is 0.0667. The maximum atomic E-state index is 13.0. The van der Waals surface area contributed by atoms with Crippen molar-refractivity contribution in [3.05, 3.63) is 102 Å². The Balaban J connectivity index is 0.816. The van der Waals surface area contributed by atoms with Crippen LogP contribution >= 0.6 is 0 Å². The van der Waals surface area contributed by atoms with Gasteiger partial charge in [0.1, 0.15) is 12.0 Å². The number of piperidine rings is 1. The number of carbonyl (C=O) groups excluding carboxylic acids is 3. The van der Waals surface area contributed by atoms with Crippen molar-refractivity contribution in [1.82, 2.24) is 41.0 Å². The molecule has 0 bridgehead atoms. The minimum Gasteiger partial charge on any atom is -0.384 e. The van der Waals surface area contributed by atoms with E-state index in [0.717, 1.165) is 107 Å². The van der Waals surface area contributed by atoms with Crippen LogP contribution in [0.25, 0.3) is 33.5 Å². The van der Waals surface area contributed by atoms with Crippen molar-refractivity contribution < 1.29 is 23.6 Å². The molecule has 3 aromatic carbocycles. The zero-order valence-corrected chi connectivity index (χ0v) is 36.5. The van der Waals surface area contributed by atoms with Gasteiger partial charge in [0, 0.05) is 85.4 Å². The van der Waals surface area contributed by atoms with Crippen LogP contribution in [0.1, 0.15) is 80.6 Å². The van der Waals surface area contributed by atoms with Crippen molar-refractivity contribution in [2.75, 3.05) is 61.5 Å². The highest BCUT2D eigenvalue weighted by Gasteiger charge is 2.27. The van der Waals surface area contributed by atoms with Crippen molar-refractivity contribution in [2.45, 2.75) is 65.0 Å². The van der Waals surface area contributed by atoms with Gasteiger partial charge < -0.3 is 35.1 Å². The number of aromatic nitrogens is 5. The molecule has 2 fully saturated rings. The van der Waals surface area contributed by atoms with E-state index >= 15 is 0 Å². The number of hydrogen-bond acceptors (Lipinski definition) is 12. The number of nitrogens with zero attached hydrogens (tertiary/aromatic N) is 6. The molecule has 0 aliphatic carbocycles. The van der Waals surface area contributed by atoms with Crippen LogP contribution in [-0.4, -0.2) is 89.3 Å². The van der Waals surface area contributed by atoms with E-state index < -0.39 is 5.91 Å². The number of imide groups is 1.